The number of benzene rings is 5. The fourth-order valence-corrected chi connectivity index (χ4v) is 5.50. The van der Waals surface area contributed by atoms with E-state index in [0.29, 0.717) is 0 Å². The molecule has 0 atom stereocenters. The van der Waals surface area contributed by atoms with Crippen molar-refractivity contribution in [2.45, 2.75) is 6.54 Å². The quantitative estimate of drug-likeness (QED) is 0.242. The summed E-state index contributed by atoms with van der Waals surface area (Å²) in [5.41, 5.74) is 12.9. The predicted molar refractivity (Wildman–Crippen MR) is 162 cm³/mol. The molecule has 5 aromatic carbocycles. The van der Waals surface area contributed by atoms with Crippen LogP contribution in [-0.2, 0) is 6.54 Å². The number of hydrogen-bond acceptors (Lipinski definition) is 1. The molecule has 182 valence electrons. The van der Waals surface area contributed by atoms with E-state index in [1.807, 2.05) is 36.4 Å². The summed E-state index contributed by atoms with van der Waals surface area (Å²) in [4.78, 5) is 0. The van der Waals surface area contributed by atoms with Gasteiger partial charge in [-0.3, -0.25) is 0 Å². The van der Waals surface area contributed by atoms with Crippen LogP contribution < -0.4 is 5.73 Å². The van der Waals surface area contributed by atoms with E-state index < -0.39 is 0 Å². The number of fused-ring (bicyclic) bond motifs is 5. The van der Waals surface area contributed by atoms with Gasteiger partial charge in [-0.2, -0.15) is 0 Å². The van der Waals surface area contributed by atoms with Crippen molar-refractivity contribution in [3.63, 3.8) is 0 Å². The van der Waals surface area contributed by atoms with Crippen molar-refractivity contribution >= 4 is 49.2 Å². The van der Waals surface area contributed by atoms with Gasteiger partial charge < -0.3 is 14.9 Å². The van der Waals surface area contributed by atoms with Crippen molar-refractivity contribution < 1.29 is 0 Å². The topological polar surface area (TPSA) is 35.9 Å². The maximum atomic E-state index is 6.29. The maximum Gasteiger partial charge on any atom is 0.0534 e. The number of rotatable bonds is 5. The zero-order valence-corrected chi connectivity index (χ0v) is 21.0. The van der Waals surface area contributed by atoms with Crippen LogP contribution in [0.1, 0.15) is 5.56 Å². The molecule has 3 heteroatoms. The largest absolute Gasteiger partial charge is 0.398 e. The molecule has 0 aliphatic heterocycles. The molecule has 7 aromatic rings. The highest BCUT2D eigenvalue weighted by Crippen LogP contribution is 2.34. The minimum Gasteiger partial charge on any atom is -0.398 e. The molecule has 0 spiro atoms. The van der Waals surface area contributed by atoms with Crippen LogP contribution in [0.15, 0.2) is 140 Å². The van der Waals surface area contributed by atoms with Crippen LogP contribution in [0.4, 0.5) is 0 Å². The van der Waals surface area contributed by atoms with E-state index in [0.717, 1.165) is 17.8 Å². The van der Waals surface area contributed by atoms with Crippen molar-refractivity contribution in [2.24, 2.45) is 5.73 Å². The Balaban J connectivity index is 1.34. The van der Waals surface area contributed by atoms with E-state index in [1.165, 1.54) is 49.2 Å². The molecule has 0 fully saturated rings. The molecule has 0 saturated carbocycles. The molecule has 2 N–H and O–H groups in total. The molecule has 0 saturated heterocycles. The second-order valence-corrected chi connectivity index (χ2v) is 9.69. The van der Waals surface area contributed by atoms with Crippen LogP contribution in [0.2, 0.25) is 0 Å². The second-order valence-electron chi connectivity index (χ2n) is 9.69. The van der Waals surface area contributed by atoms with Gasteiger partial charge in [0.15, 0.2) is 0 Å². The van der Waals surface area contributed by atoms with Gasteiger partial charge in [-0.15, -0.1) is 0 Å². The first-order valence-electron chi connectivity index (χ1n) is 13.0. The van der Waals surface area contributed by atoms with Crippen molar-refractivity contribution in [1.82, 2.24) is 9.13 Å². The lowest BCUT2D eigenvalue weighted by Crippen LogP contribution is -1.96. The number of aromatic nitrogens is 2. The molecule has 7 rings (SSSR count). The predicted octanol–water partition coefficient (Wildman–Crippen LogP) is 8.45. The molecular weight excluding hydrogens is 462 g/mol. The highest BCUT2D eigenvalue weighted by Gasteiger charge is 2.12. The number of para-hydroxylation sites is 2. The third kappa shape index (κ3) is 3.77. The SMILES string of the molecule is N/C(=C\C=C/Cn1c2ccccc2c2cc3cc4ccn(-c5ccccc5)c4cc3cc21)c1ccccc1. The summed E-state index contributed by atoms with van der Waals surface area (Å²) in [6.45, 7) is 0.761. The van der Waals surface area contributed by atoms with Crippen LogP contribution in [0, 0.1) is 0 Å². The van der Waals surface area contributed by atoms with Crippen molar-refractivity contribution in [3.05, 3.63) is 145 Å². The monoisotopic (exact) mass is 489 g/mol. The molecule has 2 heterocycles. The molecule has 0 radical (unpaired) electrons. The molecule has 0 aliphatic carbocycles. The van der Waals surface area contributed by atoms with E-state index in [-0.39, 0.29) is 0 Å². The van der Waals surface area contributed by atoms with Crippen molar-refractivity contribution in [3.8, 4) is 5.69 Å². The fraction of sp³-hybridized carbons (Fsp3) is 0.0286. The lowest BCUT2D eigenvalue weighted by molar-refractivity contribution is 0.899. The molecule has 0 amide bonds. The lowest BCUT2D eigenvalue weighted by atomic mass is 10.0. The van der Waals surface area contributed by atoms with E-state index >= 15 is 0 Å². The Kier molecular flexibility index (Phi) is 5.33. The minimum atomic E-state index is 0.761. The Bertz CT molecular complexity index is 1990. The maximum absolute atomic E-state index is 6.29. The number of hydrogen-bond donors (Lipinski definition) is 1. The van der Waals surface area contributed by atoms with Gasteiger partial charge in [0.1, 0.15) is 0 Å². The zero-order chi connectivity index (χ0) is 25.5. The van der Waals surface area contributed by atoms with Crippen LogP contribution in [0.5, 0.6) is 0 Å². The van der Waals surface area contributed by atoms with Gasteiger partial charge in [0, 0.05) is 45.8 Å². The first-order valence-corrected chi connectivity index (χ1v) is 13.0. The molecule has 0 bridgehead atoms. The number of nitrogens with two attached hydrogens (primary N) is 1. The smallest absolute Gasteiger partial charge is 0.0534 e. The normalized spacial score (nSPS) is 12.5. The van der Waals surface area contributed by atoms with Gasteiger partial charge in [0.2, 0.25) is 0 Å². The molecule has 0 unspecified atom stereocenters. The van der Waals surface area contributed by atoms with Crippen molar-refractivity contribution in [2.75, 3.05) is 0 Å². The van der Waals surface area contributed by atoms with Gasteiger partial charge in [-0.25, -0.2) is 0 Å². The van der Waals surface area contributed by atoms with Gasteiger partial charge in [-0.1, -0.05) is 78.9 Å². The first kappa shape index (κ1) is 22.2. The zero-order valence-electron chi connectivity index (χ0n) is 21.0. The second kappa shape index (κ2) is 9.13. The van der Waals surface area contributed by atoms with Crippen LogP contribution >= 0.6 is 0 Å². The van der Waals surface area contributed by atoms with Crippen LogP contribution in [-0.4, -0.2) is 9.13 Å². The Morgan fingerprint density at radius 1 is 0.632 bits per heavy atom. The Morgan fingerprint density at radius 2 is 1.34 bits per heavy atom. The summed E-state index contributed by atoms with van der Waals surface area (Å²) in [5, 5.41) is 6.30. The number of allylic oxidation sites excluding steroid dienone is 3. The van der Waals surface area contributed by atoms with Gasteiger partial charge in [0.05, 0.1) is 11.0 Å². The van der Waals surface area contributed by atoms with Crippen molar-refractivity contribution in [1.29, 1.82) is 0 Å². The molecule has 2 aromatic heterocycles. The Morgan fingerprint density at radius 3 is 2.18 bits per heavy atom. The molecule has 3 nitrogen and oxygen atoms in total. The summed E-state index contributed by atoms with van der Waals surface area (Å²) < 4.78 is 4.66. The Hall–Kier alpha value is -5.02. The van der Waals surface area contributed by atoms with Gasteiger partial charge >= 0.3 is 0 Å². The first-order chi connectivity index (χ1) is 18.8. The van der Waals surface area contributed by atoms with E-state index in [9.17, 15) is 0 Å². The summed E-state index contributed by atoms with van der Waals surface area (Å²) in [6, 6.07) is 40.8. The third-order valence-corrected chi connectivity index (χ3v) is 7.38. The summed E-state index contributed by atoms with van der Waals surface area (Å²) in [7, 11) is 0. The summed E-state index contributed by atoms with van der Waals surface area (Å²) in [6.07, 6.45) is 8.37. The van der Waals surface area contributed by atoms with E-state index in [4.69, 9.17) is 5.73 Å². The standard InChI is InChI=1S/C35H27N3/c36-32(25-11-3-1-4-12-25)16-9-10-19-38-33-17-8-7-15-30(33)31-22-27-21-26-18-20-37(29-13-5-2-6-14-29)34(26)23-28(27)24-35(31)38/h1-18,20-24H,19,36H2/b10-9-,32-16-. The molecule has 38 heavy (non-hydrogen) atoms. The third-order valence-electron chi connectivity index (χ3n) is 7.38. The van der Waals surface area contributed by atoms with Crippen LogP contribution in [0.3, 0.4) is 0 Å². The summed E-state index contributed by atoms with van der Waals surface area (Å²) >= 11 is 0. The fourth-order valence-electron chi connectivity index (χ4n) is 5.50. The number of nitrogens with zero attached hydrogens (tertiary/aromatic N) is 2. The summed E-state index contributed by atoms with van der Waals surface area (Å²) in [5.74, 6) is 0. The average molecular weight is 490 g/mol. The van der Waals surface area contributed by atoms with Gasteiger partial charge in [-0.05, 0) is 70.9 Å². The average Bonchev–Trinajstić information content (AvgIpc) is 3.52. The minimum absolute atomic E-state index is 0.761. The highest BCUT2D eigenvalue weighted by atomic mass is 15.0. The van der Waals surface area contributed by atoms with Crippen LogP contribution in [0.25, 0.3) is 54.9 Å². The van der Waals surface area contributed by atoms with Gasteiger partial charge in [0.25, 0.3) is 0 Å². The lowest BCUT2D eigenvalue weighted by Gasteiger charge is -2.08. The molecule has 0 aliphatic rings. The molecular formula is C35H27N3. The highest BCUT2D eigenvalue weighted by molar-refractivity contribution is 6.14. The van der Waals surface area contributed by atoms with E-state index in [1.54, 1.807) is 0 Å². The Labute approximate surface area is 221 Å². The van der Waals surface area contributed by atoms with E-state index in [2.05, 4.69) is 112 Å².